The van der Waals surface area contributed by atoms with Crippen LogP contribution in [0.1, 0.15) is 47.0 Å². The maximum Gasteiger partial charge on any atom is 0.315 e. The summed E-state index contributed by atoms with van der Waals surface area (Å²) in [4.78, 5) is 22.3. The number of hydrogen-bond acceptors (Lipinski definition) is 3. The number of nitrogens with one attached hydrogen (secondary N) is 2. The first-order valence-electron chi connectivity index (χ1n) is 6.65. The molecule has 0 saturated carbocycles. The summed E-state index contributed by atoms with van der Waals surface area (Å²) in [6, 6.07) is -0.112. The number of rotatable bonds is 9. The topological polar surface area (TPSA) is 78.4 Å². The van der Waals surface area contributed by atoms with Crippen molar-refractivity contribution in [2.45, 2.75) is 58.5 Å². The maximum absolute atomic E-state index is 11.8. The highest BCUT2D eigenvalue weighted by atomic mass is 32.2. The molecule has 0 aromatic heterocycles. The van der Waals surface area contributed by atoms with Crippen molar-refractivity contribution in [2.24, 2.45) is 0 Å². The standard InChI is InChI=1S/C13H26N2O3S/c1-5-19-9-7-10(2)14-12(18)15-13(3,4)8-6-11(16)17/h10H,5-9H2,1-4H3,(H,16,17)(H2,14,15,18). The number of carboxylic acid groups (broad SMARTS) is 1. The minimum absolute atomic E-state index is 0.0516. The molecule has 0 aromatic carbocycles. The van der Waals surface area contributed by atoms with E-state index in [0.29, 0.717) is 6.42 Å². The third kappa shape index (κ3) is 10.7. The molecule has 2 amide bonds. The van der Waals surface area contributed by atoms with E-state index >= 15 is 0 Å². The quantitative estimate of drug-likeness (QED) is 0.570. The summed E-state index contributed by atoms with van der Waals surface area (Å²) in [7, 11) is 0. The van der Waals surface area contributed by atoms with E-state index in [1.165, 1.54) is 0 Å². The Kier molecular flexibility index (Phi) is 8.63. The third-order valence-corrected chi connectivity index (χ3v) is 3.63. The van der Waals surface area contributed by atoms with Crippen LogP contribution >= 0.6 is 11.8 Å². The van der Waals surface area contributed by atoms with Gasteiger partial charge in [-0.05, 0) is 45.1 Å². The predicted molar refractivity (Wildman–Crippen MR) is 79.7 cm³/mol. The van der Waals surface area contributed by atoms with Crippen molar-refractivity contribution in [1.29, 1.82) is 0 Å². The summed E-state index contributed by atoms with van der Waals surface area (Å²) in [5.74, 6) is 1.27. The lowest BCUT2D eigenvalue weighted by atomic mass is 9.99. The van der Waals surface area contributed by atoms with Gasteiger partial charge in [-0.2, -0.15) is 11.8 Å². The van der Waals surface area contributed by atoms with Crippen molar-refractivity contribution >= 4 is 23.8 Å². The molecule has 0 radical (unpaired) electrons. The maximum atomic E-state index is 11.8. The fraction of sp³-hybridized carbons (Fsp3) is 0.846. The van der Waals surface area contributed by atoms with E-state index in [9.17, 15) is 9.59 Å². The molecule has 0 fully saturated rings. The second-order valence-electron chi connectivity index (χ2n) is 5.26. The van der Waals surface area contributed by atoms with Gasteiger partial charge < -0.3 is 15.7 Å². The number of amides is 2. The number of carbonyl (C=O) groups excluding carboxylic acids is 1. The number of thioether (sulfide) groups is 1. The van der Waals surface area contributed by atoms with E-state index < -0.39 is 11.5 Å². The molecule has 6 heteroatoms. The minimum Gasteiger partial charge on any atom is -0.481 e. The highest BCUT2D eigenvalue weighted by Crippen LogP contribution is 2.11. The molecule has 0 aliphatic carbocycles. The molecular formula is C13H26N2O3S. The molecule has 0 aromatic rings. The van der Waals surface area contributed by atoms with Crippen molar-refractivity contribution in [3.05, 3.63) is 0 Å². The first-order valence-corrected chi connectivity index (χ1v) is 7.80. The van der Waals surface area contributed by atoms with Crippen LogP contribution in [0.5, 0.6) is 0 Å². The second kappa shape index (κ2) is 9.07. The van der Waals surface area contributed by atoms with Crippen LogP contribution in [0, 0.1) is 0 Å². The fourth-order valence-corrected chi connectivity index (χ4v) is 2.33. The Morgan fingerprint density at radius 3 is 2.53 bits per heavy atom. The number of urea groups is 1. The van der Waals surface area contributed by atoms with E-state index in [1.54, 1.807) is 0 Å². The van der Waals surface area contributed by atoms with Crippen LogP contribution in [0.15, 0.2) is 0 Å². The number of carbonyl (C=O) groups is 2. The van der Waals surface area contributed by atoms with E-state index in [2.05, 4.69) is 17.6 Å². The molecule has 0 bridgehead atoms. The van der Waals surface area contributed by atoms with Gasteiger partial charge in [0.15, 0.2) is 0 Å². The van der Waals surface area contributed by atoms with Gasteiger partial charge in [0, 0.05) is 18.0 Å². The zero-order valence-electron chi connectivity index (χ0n) is 12.3. The second-order valence-corrected chi connectivity index (χ2v) is 6.66. The Morgan fingerprint density at radius 2 is 2.00 bits per heavy atom. The SMILES string of the molecule is CCSCCC(C)NC(=O)NC(C)(C)CCC(=O)O. The summed E-state index contributed by atoms with van der Waals surface area (Å²) in [5, 5.41) is 14.3. The lowest BCUT2D eigenvalue weighted by Gasteiger charge is -2.27. The van der Waals surface area contributed by atoms with Gasteiger partial charge in [0.2, 0.25) is 0 Å². The van der Waals surface area contributed by atoms with Crippen molar-refractivity contribution in [3.63, 3.8) is 0 Å². The van der Waals surface area contributed by atoms with Crippen LogP contribution in [-0.4, -0.2) is 40.2 Å². The monoisotopic (exact) mass is 290 g/mol. The predicted octanol–water partition coefficient (Wildman–Crippen LogP) is 2.46. The Balaban J connectivity index is 3.97. The Morgan fingerprint density at radius 1 is 1.37 bits per heavy atom. The zero-order chi connectivity index (χ0) is 14.9. The van der Waals surface area contributed by atoms with Gasteiger partial charge >= 0.3 is 12.0 Å². The average Bonchev–Trinajstić information content (AvgIpc) is 2.26. The van der Waals surface area contributed by atoms with Crippen LogP contribution in [-0.2, 0) is 4.79 Å². The van der Waals surface area contributed by atoms with Gasteiger partial charge in [-0.15, -0.1) is 0 Å². The molecule has 0 heterocycles. The minimum atomic E-state index is -0.847. The first kappa shape index (κ1) is 18.1. The molecule has 19 heavy (non-hydrogen) atoms. The van der Waals surface area contributed by atoms with Crippen molar-refractivity contribution in [1.82, 2.24) is 10.6 Å². The molecule has 0 rings (SSSR count). The highest BCUT2D eigenvalue weighted by Gasteiger charge is 2.21. The molecule has 0 aliphatic rings. The van der Waals surface area contributed by atoms with Gasteiger partial charge in [0.1, 0.15) is 0 Å². The van der Waals surface area contributed by atoms with E-state index in [-0.39, 0.29) is 18.5 Å². The summed E-state index contributed by atoms with van der Waals surface area (Å²) in [5.41, 5.74) is -0.514. The van der Waals surface area contributed by atoms with Crippen LogP contribution in [0.4, 0.5) is 4.79 Å². The van der Waals surface area contributed by atoms with Gasteiger partial charge in [-0.25, -0.2) is 4.79 Å². The smallest absolute Gasteiger partial charge is 0.315 e. The summed E-state index contributed by atoms with van der Waals surface area (Å²) >= 11 is 1.85. The van der Waals surface area contributed by atoms with Gasteiger partial charge in [0.25, 0.3) is 0 Å². The first-order chi connectivity index (χ1) is 8.76. The largest absolute Gasteiger partial charge is 0.481 e. The molecular weight excluding hydrogens is 264 g/mol. The van der Waals surface area contributed by atoms with Crippen LogP contribution in [0.25, 0.3) is 0 Å². The molecule has 0 saturated heterocycles. The summed E-state index contributed by atoms with van der Waals surface area (Å²) in [6.07, 6.45) is 1.40. The van der Waals surface area contributed by atoms with Crippen molar-refractivity contribution in [2.75, 3.05) is 11.5 Å². The normalized spacial score (nSPS) is 12.8. The van der Waals surface area contributed by atoms with Gasteiger partial charge in [-0.1, -0.05) is 6.92 Å². The molecule has 112 valence electrons. The molecule has 3 N–H and O–H groups in total. The molecule has 0 aliphatic heterocycles. The molecule has 1 atom stereocenters. The van der Waals surface area contributed by atoms with E-state index in [0.717, 1.165) is 17.9 Å². The van der Waals surface area contributed by atoms with Crippen molar-refractivity contribution < 1.29 is 14.7 Å². The van der Waals surface area contributed by atoms with Crippen molar-refractivity contribution in [3.8, 4) is 0 Å². The Labute approximate surface area is 119 Å². The summed E-state index contributed by atoms with van der Waals surface area (Å²) in [6.45, 7) is 7.74. The van der Waals surface area contributed by atoms with Gasteiger partial charge in [-0.3, -0.25) is 4.79 Å². The Hall–Kier alpha value is -0.910. The lowest BCUT2D eigenvalue weighted by Crippen LogP contribution is -2.50. The average molecular weight is 290 g/mol. The van der Waals surface area contributed by atoms with Crippen LogP contribution in [0.3, 0.4) is 0 Å². The summed E-state index contributed by atoms with van der Waals surface area (Å²) < 4.78 is 0. The van der Waals surface area contributed by atoms with E-state index in [1.807, 2.05) is 32.5 Å². The molecule has 0 spiro atoms. The number of hydrogen-bond donors (Lipinski definition) is 3. The lowest BCUT2D eigenvalue weighted by molar-refractivity contribution is -0.137. The van der Waals surface area contributed by atoms with Gasteiger partial charge in [0.05, 0.1) is 0 Å². The zero-order valence-corrected chi connectivity index (χ0v) is 13.1. The van der Waals surface area contributed by atoms with E-state index in [4.69, 9.17) is 5.11 Å². The Bertz CT molecular complexity index is 296. The van der Waals surface area contributed by atoms with Crippen LogP contribution < -0.4 is 10.6 Å². The third-order valence-electron chi connectivity index (χ3n) is 2.69. The highest BCUT2D eigenvalue weighted by molar-refractivity contribution is 7.99. The number of carboxylic acids is 1. The molecule has 1 unspecified atom stereocenters. The molecule has 5 nitrogen and oxygen atoms in total. The van der Waals surface area contributed by atoms with Crippen LogP contribution in [0.2, 0.25) is 0 Å². The fourth-order valence-electron chi connectivity index (χ4n) is 1.53. The number of aliphatic carboxylic acids is 1.